The van der Waals surface area contributed by atoms with E-state index in [-0.39, 0.29) is 0 Å². The molecule has 5 heteroatoms. The number of carbonyl (C=O) groups is 1. The van der Waals surface area contributed by atoms with Gasteiger partial charge in [0.15, 0.2) is 0 Å². The minimum absolute atomic E-state index is 0.336. The first-order valence-electron chi connectivity index (χ1n) is 6.61. The van der Waals surface area contributed by atoms with Crippen LogP contribution in [0.3, 0.4) is 0 Å². The van der Waals surface area contributed by atoms with Crippen LogP contribution in [0.25, 0.3) is 0 Å². The highest BCUT2D eigenvalue weighted by Crippen LogP contribution is 2.11. The fraction of sp³-hybridized carbons (Fsp3) is 0.267. The van der Waals surface area contributed by atoms with E-state index in [4.69, 9.17) is 4.74 Å². The molecule has 0 saturated carbocycles. The standard InChI is InChI=1S/C13H13N3O2.C2H6/c1-2-18-12(17)10-8-14-13(15-9-10)16-11-6-4-3-5-7-11;1-2/h3-9H,2H2,1H3,(H,14,15,16);1-2H3. The lowest BCUT2D eigenvalue weighted by molar-refractivity contribution is 0.0525. The zero-order chi connectivity index (χ0) is 14.8. The molecule has 0 aliphatic heterocycles. The van der Waals surface area contributed by atoms with Gasteiger partial charge in [-0.25, -0.2) is 14.8 Å². The molecule has 2 rings (SSSR count). The number of ether oxygens (including phenoxy) is 1. The Labute approximate surface area is 119 Å². The first-order valence-corrected chi connectivity index (χ1v) is 6.61. The first kappa shape index (κ1) is 15.6. The molecule has 106 valence electrons. The predicted molar refractivity (Wildman–Crippen MR) is 79.1 cm³/mol. The van der Waals surface area contributed by atoms with Crippen molar-refractivity contribution in [2.75, 3.05) is 11.9 Å². The highest BCUT2D eigenvalue weighted by Gasteiger charge is 2.07. The zero-order valence-electron chi connectivity index (χ0n) is 12.0. The molecule has 0 aliphatic carbocycles. The number of para-hydroxylation sites is 1. The van der Waals surface area contributed by atoms with Gasteiger partial charge in [-0.1, -0.05) is 32.0 Å². The van der Waals surface area contributed by atoms with Crippen molar-refractivity contribution >= 4 is 17.6 Å². The van der Waals surface area contributed by atoms with Crippen molar-refractivity contribution in [2.45, 2.75) is 20.8 Å². The molecule has 1 heterocycles. The Balaban J connectivity index is 0.000000956. The van der Waals surface area contributed by atoms with Crippen LogP contribution in [0.2, 0.25) is 0 Å². The van der Waals surface area contributed by atoms with Crippen LogP contribution in [0.5, 0.6) is 0 Å². The number of carbonyl (C=O) groups excluding carboxylic acids is 1. The number of esters is 1. The smallest absolute Gasteiger partial charge is 0.341 e. The van der Waals surface area contributed by atoms with Crippen molar-refractivity contribution < 1.29 is 9.53 Å². The molecular formula is C15H19N3O2. The van der Waals surface area contributed by atoms with E-state index in [1.807, 2.05) is 44.2 Å². The molecule has 0 saturated heterocycles. The van der Waals surface area contributed by atoms with Gasteiger partial charge in [0.1, 0.15) is 0 Å². The molecule has 0 atom stereocenters. The van der Waals surface area contributed by atoms with Crippen LogP contribution < -0.4 is 5.32 Å². The van der Waals surface area contributed by atoms with Gasteiger partial charge in [-0.05, 0) is 19.1 Å². The van der Waals surface area contributed by atoms with Crippen molar-refractivity contribution in [1.82, 2.24) is 9.97 Å². The van der Waals surface area contributed by atoms with Crippen molar-refractivity contribution in [3.63, 3.8) is 0 Å². The normalized spacial score (nSPS) is 9.15. The van der Waals surface area contributed by atoms with Crippen LogP contribution >= 0.6 is 0 Å². The Kier molecular flexibility index (Phi) is 6.75. The van der Waals surface area contributed by atoms with E-state index in [2.05, 4.69) is 15.3 Å². The summed E-state index contributed by atoms with van der Waals surface area (Å²) >= 11 is 0. The number of nitrogens with one attached hydrogen (secondary N) is 1. The second-order valence-electron chi connectivity index (χ2n) is 3.51. The summed E-state index contributed by atoms with van der Waals surface area (Å²) < 4.78 is 4.85. The average molecular weight is 273 g/mol. The lowest BCUT2D eigenvalue weighted by atomic mass is 10.3. The molecule has 0 spiro atoms. The largest absolute Gasteiger partial charge is 0.462 e. The average Bonchev–Trinajstić information content (AvgIpc) is 2.51. The summed E-state index contributed by atoms with van der Waals surface area (Å²) in [5.41, 5.74) is 1.23. The predicted octanol–water partition coefficient (Wildman–Crippen LogP) is 3.42. The second kappa shape index (κ2) is 8.63. The fourth-order valence-corrected chi connectivity index (χ4v) is 1.36. The van der Waals surface area contributed by atoms with Gasteiger partial charge in [0.25, 0.3) is 0 Å². The molecule has 5 nitrogen and oxygen atoms in total. The van der Waals surface area contributed by atoms with Gasteiger partial charge in [0.05, 0.1) is 12.2 Å². The number of benzene rings is 1. The van der Waals surface area contributed by atoms with E-state index < -0.39 is 5.97 Å². The van der Waals surface area contributed by atoms with Crippen LogP contribution in [0.4, 0.5) is 11.6 Å². The summed E-state index contributed by atoms with van der Waals surface area (Å²) in [5, 5.41) is 3.03. The van der Waals surface area contributed by atoms with Crippen LogP contribution in [-0.2, 0) is 4.74 Å². The molecule has 2 aromatic rings. The Morgan fingerprint density at radius 2 is 1.75 bits per heavy atom. The lowest BCUT2D eigenvalue weighted by Crippen LogP contribution is -2.06. The number of nitrogens with zero attached hydrogens (tertiary/aromatic N) is 2. The number of hydrogen-bond donors (Lipinski definition) is 1. The molecule has 0 radical (unpaired) electrons. The van der Waals surface area contributed by atoms with Gasteiger partial charge in [-0.2, -0.15) is 0 Å². The SMILES string of the molecule is CC.CCOC(=O)c1cnc(Nc2ccccc2)nc1. The summed E-state index contributed by atoms with van der Waals surface area (Å²) in [4.78, 5) is 19.5. The molecule has 0 fully saturated rings. The zero-order valence-corrected chi connectivity index (χ0v) is 12.0. The van der Waals surface area contributed by atoms with E-state index in [9.17, 15) is 4.79 Å². The van der Waals surface area contributed by atoms with Crippen molar-refractivity contribution in [1.29, 1.82) is 0 Å². The summed E-state index contributed by atoms with van der Waals surface area (Å²) in [6.45, 7) is 6.09. The van der Waals surface area contributed by atoms with Gasteiger partial charge in [0.2, 0.25) is 5.95 Å². The molecule has 0 amide bonds. The van der Waals surface area contributed by atoms with Crippen LogP contribution in [0.15, 0.2) is 42.7 Å². The summed E-state index contributed by atoms with van der Waals surface area (Å²) in [6.07, 6.45) is 2.88. The van der Waals surface area contributed by atoms with E-state index in [0.29, 0.717) is 18.1 Å². The topological polar surface area (TPSA) is 64.1 Å². The summed E-state index contributed by atoms with van der Waals surface area (Å²) in [5.74, 6) is 0.0259. The van der Waals surface area contributed by atoms with E-state index >= 15 is 0 Å². The van der Waals surface area contributed by atoms with Gasteiger partial charge < -0.3 is 10.1 Å². The minimum Gasteiger partial charge on any atom is -0.462 e. The third-order valence-corrected chi connectivity index (χ3v) is 2.19. The summed E-state index contributed by atoms with van der Waals surface area (Å²) in [7, 11) is 0. The fourth-order valence-electron chi connectivity index (χ4n) is 1.36. The lowest BCUT2D eigenvalue weighted by Gasteiger charge is -2.05. The molecule has 0 bridgehead atoms. The first-order chi connectivity index (χ1) is 9.79. The Hall–Kier alpha value is -2.43. The Morgan fingerprint density at radius 3 is 2.30 bits per heavy atom. The quantitative estimate of drug-likeness (QED) is 0.865. The highest BCUT2D eigenvalue weighted by molar-refractivity contribution is 5.88. The number of aromatic nitrogens is 2. The molecule has 0 aliphatic rings. The Morgan fingerprint density at radius 1 is 1.15 bits per heavy atom. The monoisotopic (exact) mass is 273 g/mol. The molecule has 1 N–H and O–H groups in total. The number of rotatable bonds is 4. The molecular weight excluding hydrogens is 254 g/mol. The van der Waals surface area contributed by atoms with Gasteiger partial charge in [-0.15, -0.1) is 0 Å². The minimum atomic E-state index is -0.413. The van der Waals surface area contributed by atoms with E-state index in [1.165, 1.54) is 12.4 Å². The Bertz CT molecular complexity index is 512. The summed E-state index contributed by atoms with van der Waals surface area (Å²) in [6, 6.07) is 9.56. The van der Waals surface area contributed by atoms with E-state index in [1.54, 1.807) is 6.92 Å². The number of anilines is 2. The van der Waals surface area contributed by atoms with Crippen molar-refractivity contribution in [3.05, 3.63) is 48.3 Å². The molecule has 1 aromatic carbocycles. The maximum Gasteiger partial charge on any atom is 0.341 e. The third-order valence-electron chi connectivity index (χ3n) is 2.19. The van der Waals surface area contributed by atoms with Crippen LogP contribution in [0, 0.1) is 0 Å². The van der Waals surface area contributed by atoms with E-state index in [0.717, 1.165) is 5.69 Å². The third kappa shape index (κ3) is 4.68. The van der Waals surface area contributed by atoms with Crippen molar-refractivity contribution in [3.8, 4) is 0 Å². The van der Waals surface area contributed by atoms with Gasteiger partial charge >= 0.3 is 5.97 Å². The highest BCUT2D eigenvalue weighted by atomic mass is 16.5. The second-order valence-corrected chi connectivity index (χ2v) is 3.51. The van der Waals surface area contributed by atoms with Gasteiger partial charge in [0, 0.05) is 18.1 Å². The maximum atomic E-state index is 11.4. The number of hydrogen-bond acceptors (Lipinski definition) is 5. The molecule has 0 unspecified atom stereocenters. The van der Waals surface area contributed by atoms with Gasteiger partial charge in [-0.3, -0.25) is 0 Å². The maximum absolute atomic E-state index is 11.4. The molecule has 1 aromatic heterocycles. The van der Waals surface area contributed by atoms with Crippen molar-refractivity contribution in [2.24, 2.45) is 0 Å². The van der Waals surface area contributed by atoms with Crippen LogP contribution in [0.1, 0.15) is 31.1 Å². The molecule has 20 heavy (non-hydrogen) atoms. The van der Waals surface area contributed by atoms with Crippen LogP contribution in [-0.4, -0.2) is 22.5 Å².